The summed E-state index contributed by atoms with van der Waals surface area (Å²) in [4.78, 5) is 21.0. The Labute approximate surface area is 92.5 Å². The Morgan fingerprint density at radius 2 is 1.82 bits per heavy atom. The van der Waals surface area contributed by atoms with Crippen LogP contribution < -0.4 is 5.32 Å². The maximum atomic E-state index is 11.9. The lowest BCUT2D eigenvalue weighted by molar-refractivity contribution is -0.167. The Balaban J connectivity index is 2.95. The fourth-order valence-corrected chi connectivity index (χ4v) is 0.964. The number of anilines is 1. The molecule has 3 N–H and O–H groups in total. The highest BCUT2D eigenvalue weighted by Gasteiger charge is 2.39. The molecule has 0 unspecified atom stereocenters. The standard InChI is InChI=1S/C9H6F3NO4/c10-9(11,12)8(17)13-5-2-1-4(7(15)16)3-6(5)14/h1-3,14H,(H,13,17)(H,15,16). The molecule has 0 aliphatic rings. The average molecular weight is 249 g/mol. The zero-order valence-electron chi connectivity index (χ0n) is 8.08. The fourth-order valence-electron chi connectivity index (χ4n) is 0.964. The van der Waals surface area contributed by atoms with E-state index in [1.54, 1.807) is 0 Å². The first-order valence-electron chi connectivity index (χ1n) is 4.16. The highest BCUT2D eigenvalue weighted by molar-refractivity contribution is 5.97. The van der Waals surface area contributed by atoms with E-state index in [-0.39, 0.29) is 5.56 Å². The molecule has 0 saturated heterocycles. The summed E-state index contributed by atoms with van der Waals surface area (Å²) >= 11 is 0. The summed E-state index contributed by atoms with van der Waals surface area (Å²) in [6.07, 6.45) is -5.09. The number of carboxylic acid groups (broad SMARTS) is 1. The fraction of sp³-hybridized carbons (Fsp3) is 0.111. The van der Waals surface area contributed by atoms with E-state index in [0.717, 1.165) is 18.2 Å². The molecule has 0 radical (unpaired) electrons. The number of hydrogen-bond acceptors (Lipinski definition) is 3. The number of aromatic carboxylic acids is 1. The number of carbonyl (C=O) groups is 2. The zero-order valence-corrected chi connectivity index (χ0v) is 8.08. The highest BCUT2D eigenvalue weighted by Crippen LogP contribution is 2.26. The molecule has 8 heteroatoms. The molecule has 1 aromatic rings. The molecule has 0 spiro atoms. The monoisotopic (exact) mass is 249 g/mol. The van der Waals surface area contributed by atoms with Crippen LogP contribution in [0.4, 0.5) is 18.9 Å². The summed E-state index contributed by atoms with van der Waals surface area (Å²) in [5, 5.41) is 19.2. The third-order valence-corrected chi connectivity index (χ3v) is 1.75. The quantitative estimate of drug-likeness (QED) is 0.694. The van der Waals surface area contributed by atoms with Crippen molar-refractivity contribution < 1.29 is 33.0 Å². The average Bonchev–Trinajstić information content (AvgIpc) is 2.19. The number of rotatable bonds is 2. The van der Waals surface area contributed by atoms with Crippen LogP contribution in [0.25, 0.3) is 0 Å². The second kappa shape index (κ2) is 4.32. The van der Waals surface area contributed by atoms with Crippen molar-refractivity contribution in [2.75, 3.05) is 5.32 Å². The van der Waals surface area contributed by atoms with Gasteiger partial charge in [-0.25, -0.2) is 4.79 Å². The summed E-state index contributed by atoms with van der Waals surface area (Å²) in [6.45, 7) is 0. The van der Waals surface area contributed by atoms with Crippen LogP contribution in [0.1, 0.15) is 10.4 Å². The lowest BCUT2D eigenvalue weighted by atomic mass is 10.2. The predicted molar refractivity (Wildman–Crippen MR) is 49.8 cm³/mol. The Morgan fingerprint density at radius 1 is 1.24 bits per heavy atom. The number of aromatic hydroxyl groups is 1. The van der Waals surface area contributed by atoms with Gasteiger partial charge in [0, 0.05) is 0 Å². The van der Waals surface area contributed by atoms with Crippen molar-refractivity contribution in [3.8, 4) is 5.75 Å². The summed E-state index contributed by atoms with van der Waals surface area (Å²) < 4.78 is 35.7. The summed E-state index contributed by atoms with van der Waals surface area (Å²) in [6, 6.07) is 2.55. The van der Waals surface area contributed by atoms with Gasteiger partial charge in [-0.05, 0) is 18.2 Å². The van der Waals surface area contributed by atoms with Crippen molar-refractivity contribution in [2.24, 2.45) is 0 Å². The molecule has 1 aromatic carbocycles. The molecule has 0 aliphatic carbocycles. The van der Waals surface area contributed by atoms with E-state index in [1.807, 2.05) is 0 Å². The Kier molecular flexibility index (Phi) is 3.26. The molecule has 0 fully saturated rings. The van der Waals surface area contributed by atoms with Gasteiger partial charge in [0.05, 0.1) is 11.3 Å². The molecule has 17 heavy (non-hydrogen) atoms. The van der Waals surface area contributed by atoms with E-state index in [2.05, 4.69) is 0 Å². The Bertz CT molecular complexity index is 470. The van der Waals surface area contributed by atoms with Gasteiger partial charge in [0.2, 0.25) is 0 Å². The van der Waals surface area contributed by atoms with E-state index >= 15 is 0 Å². The van der Waals surface area contributed by atoms with Gasteiger partial charge in [0.15, 0.2) is 0 Å². The Morgan fingerprint density at radius 3 is 2.24 bits per heavy atom. The van der Waals surface area contributed by atoms with Crippen molar-refractivity contribution >= 4 is 17.6 Å². The van der Waals surface area contributed by atoms with Crippen LogP contribution in [-0.4, -0.2) is 28.3 Å². The molecule has 0 bridgehead atoms. The number of amides is 1. The number of nitrogens with one attached hydrogen (secondary N) is 1. The lowest BCUT2D eigenvalue weighted by Gasteiger charge is -2.09. The van der Waals surface area contributed by atoms with Crippen molar-refractivity contribution in [1.82, 2.24) is 0 Å². The first kappa shape index (κ1) is 12.8. The van der Waals surface area contributed by atoms with Crippen LogP contribution >= 0.6 is 0 Å². The van der Waals surface area contributed by atoms with Crippen molar-refractivity contribution in [3.05, 3.63) is 23.8 Å². The van der Waals surface area contributed by atoms with E-state index in [9.17, 15) is 27.9 Å². The normalized spacial score (nSPS) is 11.0. The number of carboxylic acids is 1. The third kappa shape index (κ3) is 3.10. The predicted octanol–water partition coefficient (Wildman–Crippen LogP) is 1.59. The van der Waals surface area contributed by atoms with Crippen LogP contribution in [0.5, 0.6) is 5.75 Å². The van der Waals surface area contributed by atoms with Gasteiger partial charge in [-0.2, -0.15) is 13.2 Å². The minimum atomic E-state index is -5.09. The maximum absolute atomic E-state index is 11.9. The zero-order chi connectivity index (χ0) is 13.2. The second-order valence-electron chi connectivity index (χ2n) is 2.99. The van der Waals surface area contributed by atoms with Crippen LogP contribution in [0.2, 0.25) is 0 Å². The maximum Gasteiger partial charge on any atom is 0.471 e. The third-order valence-electron chi connectivity index (χ3n) is 1.75. The summed E-state index contributed by atoms with van der Waals surface area (Å²) in [7, 11) is 0. The number of phenols is 1. The second-order valence-corrected chi connectivity index (χ2v) is 2.99. The van der Waals surface area contributed by atoms with E-state index in [1.165, 1.54) is 5.32 Å². The highest BCUT2D eigenvalue weighted by atomic mass is 19.4. The van der Waals surface area contributed by atoms with Gasteiger partial charge >= 0.3 is 18.1 Å². The minimum Gasteiger partial charge on any atom is -0.506 e. The van der Waals surface area contributed by atoms with Gasteiger partial charge in [0.25, 0.3) is 0 Å². The van der Waals surface area contributed by atoms with Crippen molar-refractivity contribution in [3.63, 3.8) is 0 Å². The smallest absolute Gasteiger partial charge is 0.471 e. The van der Waals surface area contributed by atoms with Crippen LogP contribution in [0.3, 0.4) is 0 Å². The number of halogens is 3. The number of hydrogen-bond donors (Lipinski definition) is 3. The molecule has 92 valence electrons. The molecule has 0 aliphatic heterocycles. The molecule has 0 saturated carbocycles. The summed E-state index contributed by atoms with van der Waals surface area (Å²) in [5.41, 5.74) is -0.829. The number of alkyl halides is 3. The van der Waals surface area contributed by atoms with Crippen molar-refractivity contribution in [1.29, 1.82) is 0 Å². The molecular weight excluding hydrogens is 243 g/mol. The molecule has 1 amide bonds. The number of phenolic OH excluding ortho intramolecular Hbond substituents is 1. The molecular formula is C9H6F3NO4. The van der Waals surface area contributed by atoms with Crippen LogP contribution in [0.15, 0.2) is 18.2 Å². The SMILES string of the molecule is O=C(O)c1ccc(NC(=O)C(F)(F)F)c(O)c1. The van der Waals surface area contributed by atoms with E-state index in [4.69, 9.17) is 5.11 Å². The molecule has 1 rings (SSSR count). The van der Waals surface area contributed by atoms with Gasteiger partial charge in [-0.1, -0.05) is 0 Å². The van der Waals surface area contributed by atoms with Crippen molar-refractivity contribution in [2.45, 2.75) is 6.18 Å². The molecule has 5 nitrogen and oxygen atoms in total. The van der Waals surface area contributed by atoms with Gasteiger partial charge in [-0.15, -0.1) is 0 Å². The molecule has 0 heterocycles. The Hall–Kier alpha value is -2.25. The summed E-state index contributed by atoms with van der Waals surface area (Å²) in [5.74, 6) is -4.37. The van der Waals surface area contributed by atoms with Crippen LogP contribution in [0, 0.1) is 0 Å². The van der Waals surface area contributed by atoms with Gasteiger partial charge in [-0.3, -0.25) is 4.79 Å². The largest absolute Gasteiger partial charge is 0.506 e. The lowest BCUT2D eigenvalue weighted by Crippen LogP contribution is -2.29. The number of benzene rings is 1. The minimum absolute atomic E-state index is 0.312. The topological polar surface area (TPSA) is 86.6 Å². The number of carbonyl (C=O) groups excluding carboxylic acids is 1. The van der Waals surface area contributed by atoms with Crippen LogP contribution in [-0.2, 0) is 4.79 Å². The van der Waals surface area contributed by atoms with E-state index < -0.39 is 29.5 Å². The molecule has 0 aromatic heterocycles. The molecule has 0 atom stereocenters. The first-order chi connectivity index (χ1) is 7.71. The van der Waals surface area contributed by atoms with Gasteiger partial charge < -0.3 is 15.5 Å². The first-order valence-corrected chi connectivity index (χ1v) is 4.16. The van der Waals surface area contributed by atoms with Gasteiger partial charge in [0.1, 0.15) is 5.75 Å². The van der Waals surface area contributed by atoms with E-state index in [0.29, 0.717) is 0 Å².